The van der Waals surface area contributed by atoms with Gasteiger partial charge in [-0.1, -0.05) is 68.0 Å². The van der Waals surface area contributed by atoms with Crippen LogP contribution in [0.2, 0.25) is 0 Å². The summed E-state index contributed by atoms with van der Waals surface area (Å²) in [5, 5.41) is 51.3. The van der Waals surface area contributed by atoms with Crippen molar-refractivity contribution in [3.8, 4) is 237 Å². The molecule has 4 heterocycles. The number of aliphatic carboxylic acids is 1. The van der Waals surface area contributed by atoms with Gasteiger partial charge in [0.15, 0.2) is 0 Å². The Bertz CT molecular complexity index is 5250. The molecule has 2 saturated heterocycles. The quantitative estimate of drug-likeness (QED) is 0.00574. The maximum Gasteiger partial charge on any atom is 0.340 e. The van der Waals surface area contributed by atoms with E-state index in [0.717, 1.165) is 11.1 Å². The van der Waals surface area contributed by atoms with E-state index in [2.05, 4.69) is 259 Å². The summed E-state index contributed by atoms with van der Waals surface area (Å²) < 4.78 is 40.9. The van der Waals surface area contributed by atoms with Crippen LogP contribution in [0.5, 0.6) is 11.5 Å². The van der Waals surface area contributed by atoms with Crippen LogP contribution in [0, 0.1) is 239 Å². The second-order valence-electron chi connectivity index (χ2n) is 18.8. The summed E-state index contributed by atoms with van der Waals surface area (Å²) in [5.41, 5.74) is 7.02. The topological polar surface area (TPSA) is 348 Å². The molecule has 584 valence electrons. The van der Waals surface area contributed by atoms with E-state index in [0.29, 0.717) is 76.7 Å². The van der Waals surface area contributed by atoms with Crippen LogP contribution >= 0.6 is 0 Å². The normalized spacial score (nSPS) is 10.4. The first-order chi connectivity index (χ1) is 53.7. The zero-order valence-electron chi connectivity index (χ0n) is 59.3. The Morgan fingerprint density at radius 1 is 0.464 bits per heavy atom. The molecule has 7 N–H and O–H groups in total. The number of rotatable bonds is 24. The van der Waals surface area contributed by atoms with E-state index >= 15 is 0 Å². The Morgan fingerprint density at radius 3 is 1.05 bits per heavy atom. The molecule has 0 radical (unpaired) electrons. The van der Waals surface area contributed by atoms with E-state index in [1.807, 2.05) is 48.5 Å². The van der Waals surface area contributed by atoms with Gasteiger partial charge in [0.05, 0.1) is 37.6 Å². The van der Waals surface area contributed by atoms with Crippen molar-refractivity contribution in [2.45, 2.75) is 80.4 Å². The highest BCUT2D eigenvalue weighted by molar-refractivity contribution is 6.07. The van der Waals surface area contributed by atoms with Crippen LogP contribution < -0.4 is 20.8 Å². The summed E-state index contributed by atoms with van der Waals surface area (Å²) in [7, 11) is 0. The Labute approximate surface area is 657 Å². The van der Waals surface area contributed by atoms with Gasteiger partial charge in [-0.25, -0.2) is 30.6 Å². The Balaban J connectivity index is -0.0000000927. The van der Waals surface area contributed by atoms with Gasteiger partial charge in [0.1, 0.15) is 56.6 Å². The molecule has 3 aromatic carbocycles. The summed E-state index contributed by atoms with van der Waals surface area (Å²) in [6, 6.07) is 20.2. The number of fused-ring (bicyclic) bond motifs is 2. The van der Waals surface area contributed by atoms with Crippen molar-refractivity contribution in [2.24, 2.45) is 0 Å². The van der Waals surface area contributed by atoms with E-state index in [1.54, 1.807) is 75.8 Å². The highest BCUT2D eigenvalue weighted by Gasteiger charge is 2.27. The third kappa shape index (κ3) is 42.1. The van der Waals surface area contributed by atoms with Crippen LogP contribution in [0.3, 0.4) is 0 Å². The van der Waals surface area contributed by atoms with Gasteiger partial charge in [0.2, 0.25) is 0 Å². The molecule has 2 atom stereocenters. The van der Waals surface area contributed by atoms with Gasteiger partial charge in [-0.15, -0.1) is 6.42 Å². The van der Waals surface area contributed by atoms with Crippen molar-refractivity contribution in [3.05, 3.63) is 94.8 Å². The molecule has 2 aliphatic rings. The maximum absolute atomic E-state index is 12.7. The van der Waals surface area contributed by atoms with Gasteiger partial charge in [-0.05, 0) is 299 Å². The molecule has 0 saturated carbocycles. The van der Waals surface area contributed by atoms with E-state index in [9.17, 15) is 19.2 Å². The van der Waals surface area contributed by atoms with Crippen LogP contribution in [0.4, 0.5) is 0 Å². The number of aromatic nitrogens is 2. The number of benzene rings is 3. The lowest BCUT2D eigenvalue weighted by Gasteiger charge is -2.10. The largest absolute Gasteiger partial charge is 0.491 e. The SMILES string of the molecule is C#CC#CC#CC#CC#CC#CC#CC#CC.CC#CC#CC#CC#CC#CC#CC#CC#CC#CC#CC#CC.CCOC(=O)c1c(C)n(CC(=O)O)c2ccc(OCC3CO3)cc12.CCOC(=O)c1c(C)n(CC(=O)OCc2ccccc2)c2ccc(OCC3CO3)cc12.OOONOOO.OOONOOO.[HH].[HH].[HH].[HH].[HH].[HH].[HH].[HH].[HH].[HH].[HH].[HH].[HH].[HH].[HH].[HH]. The number of carbonyl (C=O) groups excluding carboxylic acids is 3. The minimum atomic E-state index is -0.975. The summed E-state index contributed by atoms with van der Waals surface area (Å²) in [6.45, 7) is 14.9. The molecule has 2 unspecified atom stereocenters. The number of carbonyl (C=O) groups is 4. The van der Waals surface area contributed by atoms with Gasteiger partial charge in [0, 0.05) is 79.7 Å². The molecule has 5 aromatic rings. The number of terminal acetylenes is 1. The third-order valence-electron chi connectivity index (χ3n) is 11.7. The minimum Gasteiger partial charge on any atom is -0.491 e. The second-order valence-corrected chi connectivity index (χ2v) is 18.8. The predicted octanol–water partition coefficient (Wildman–Crippen LogP) is 9.80. The number of carboxylic acids is 1. The average Bonchev–Trinajstić information content (AvgIpc) is 1.62. The van der Waals surface area contributed by atoms with Crippen LogP contribution in [0.25, 0.3) is 21.8 Å². The van der Waals surface area contributed by atoms with Crippen LogP contribution in [0.1, 0.15) is 95.1 Å². The van der Waals surface area contributed by atoms with Crippen LogP contribution in [0.15, 0.2) is 66.7 Å². The van der Waals surface area contributed by atoms with Crippen molar-refractivity contribution < 1.29 is 141 Å². The van der Waals surface area contributed by atoms with Crippen LogP contribution in [-0.2, 0) is 93.1 Å². The monoisotopic (exact) mass is 1520 g/mol. The number of hydrogen-bond acceptors (Lipinski definition) is 25. The molecule has 110 heavy (non-hydrogen) atoms. The molecule has 28 nitrogen and oxygen atoms in total. The number of carboxylic acid groups (broad SMARTS) is 1. The van der Waals surface area contributed by atoms with Crippen molar-refractivity contribution in [3.63, 3.8) is 0 Å². The Hall–Kier alpha value is -14.8. The molecule has 0 amide bonds. The lowest BCUT2D eigenvalue weighted by molar-refractivity contribution is -0.619. The summed E-state index contributed by atoms with van der Waals surface area (Å²) >= 11 is 0. The number of esters is 3. The van der Waals surface area contributed by atoms with Gasteiger partial charge in [-0.3, -0.25) is 9.59 Å². The minimum absolute atomic E-state index is 0. The number of nitrogens with one attached hydrogen (secondary N) is 2. The molecule has 28 heteroatoms. The van der Waals surface area contributed by atoms with Crippen molar-refractivity contribution in [1.82, 2.24) is 20.4 Å². The fraction of sp³-hybridized carbons (Fsp3) is 0.220. The lowest BCUT2D eigenvalue weighted by atomic mass is 10.1. The zero-order chi connectivity index (χ0) is 80.3. The number of ether oxygens (including phenoxy) is 7. The van der Waals surface area contributed by atoms with Crippen molar-refractivity contribution in [2.75, 3.05) is 39.6 Å². The Morgan fingerprint density at radius 2 is 0.773 bits per heavy atom. The molecule has 0 aliphatic carbocycles. The average molecular weight is 1520 g/mol. The number of hydrogen-bond donors (Lipinski definition) is 7. The highest BCUT2D eigenvalue weighted by Crippen LogP contribution is 2.32. The standard InChI is InChI=1S/C24H25NO6.C24H6.C17H19NO6.C17H4.2H3NO6.16H2/c1-3-28-24(27)23-16(2)25(12-22(26)31-13-17-7-5-4-6-8-17)21-10-9-18(11-20(21)23)29-14-19-15-30-19;1-3-5-7-9-11-13-15-17-19-21-23-24-22-20-18-16-14-12-10-8-6-4-2;1-3-22-17(21)16-10(2)18(7-15(19)20)14-5-4-11(6-13(14)16)23-8-12-9-24-12;1-3-5-7-9-11-13-15-17-16-14-12-10-8-6-4-2;2*2-6-4-1-5-7-3;;;;;;;;;;;;;;;;/h4-11,19H,3,12-15H2,1-2H3;1-2H3;4-6,12H,3,7-9H2,1-2H3,(H,19,20);1H,2H3;2*1-3H;16*1H. The molecule has 2 aliphatic heterocycles. The first kappa shape index (κ1) is 91.3. The van der Waals surface area contributed by atoms with E-state index in [4.69, 9.17) is 65.7 Å². The van der Waals surface area contributed by atoms with Gasteiger partial charge in [-0.2, -0.15) is 0 Å². The lowest BCUT2D eigenvalue weighted by Crippen LogP contribution is -2.15. The molecule has 2 aromatic heterocycles. The highest BCUT2D eigenvalue weighted by atomic mass is 17.6. The predicted molar refractivity (Wildman–Crippen MR) is 425 cm³/mol. The molecule has 7 rings (SSSR count). The second kappa shape index (κ2) is 60.6. The van der Waals surface area contributed by atoms with E-state index in [-0.39, 0.29) is 73.9 Å². The van der Waals surface area contributed by atoms with Gasteiger partial charge < -0.3 is 47.4 Å². The fourth-order valence-corrected chi connectivity index (χ4v) is 7.40. The summed E-state index contributed by atoms with van der Waals surface area (Å²) in [6.07, 6.45) is 5.14. The first-order valence-corrected chi connectivity index (χ1v) is 30.8. The molecular formula is C82H92N4O24. The van der Waals surface area contributed by atoms with Gasteiger partial charge >= 0.3 is 23.9 Å². The molecule has 0 bridgehead atoms. The van der Waals surface area contributed by atoms with Crippen molar-refractivity contribution >= 4 is 45.7 Å². The molecular weight excluding hydrogens is 1420 g/mol. The van der Waals surface area contributed by atoms with Crippen LogP contribution in [-0.4, -0.2) is 111 Å². The number of epoxide rings is 2. The Kier molecular flexibility index (Phi) is 50.3. The molecule has 0 spiro atoms. The molecule has 2 fully saturated rings. The number of nitrogens with zero attached hydrogens (tertiary/aromatic N) is 2. The third-order valence-corrected chi connectivity index (χ3v) is 11.7. The first-order valence-electron chi connectivity index (χ1n) is 30.8. The fourth-order valence-electron chi connectivity index (χ4n) is 7.40. The maximum atomic E-state index is 12.7. The summed E-state index contributed by atoms with van der Waals surface area (Å²) in [5.74, 6) is 91.5. The smallest absolute Gasteiger partial charge is 0.340 e. The zero-order valence-corrected chi connectivity index (χ0v) is 59.3. The summed E-state index contributed by atoms with van der Waals surface area (Å²) in [4.78, 5) is 62.2. The van der Waals surface area contributed by atoms with Crippen molar-refractivity contribution in [1.29, 1.82) is 0 Å². The van der Waals surface area contributed by atoms with E-state index in [1.165, 1.54) is 11.3 Å². The van der Waals surface area contributed by atoms with Gasteiger partial charge in [0.25, 0.3) is 0 Å². The van der Waals surface area contributed by atoms with E-state index < -0.39 is 17.9 Å².